The lowest BCUT2D eigenvalue weighted by Gasteiger charge is -2.09. The SMILES string of the molecule is COc1cc(OC)cc(C(=O)c2cccc(C(=O)O)c2O)c1. The van der Waals surface area contributed by atoms with Gasteiger partial charge >= 0.3 is 5.97 Å². The molecule has 0 saturated carbocycles. The van der Waals surface area contributed by atoms with Crippen LogP contribution in [0.1, 0.15) is 26.3 Å². The maximum atomic E-state index is 12.5. The molecule has 6 nitrogen and oxygen atoms in total. The molecule has 0 aromatic heterocycles. The van der Waals surface area contributed by atoms with Gasteiger partial charge in [-0.25, -0.2) is 4.79 Å². The van der Waals surface area contributed by atoms with Gasteiger partial charge in [0, 0.05) is 11.6 Å². The minimum absolute atomic E-state index is 0.102. The van der Waals surface area contributed by atoms with Crippen molar-refractivity contribution in [3.63, 3.8) is 0 Å². The first kappa shape index (κ1) is 15.4. The van der Waals surface area contributed by atoms with E-state index in [-0.39, 0.29) is 16.7 Å². The Morgan fingerprint density at radius 3 is 2.00 bits per heavy atom. The third-order valence-electron chi connectivity index (χ3n) is 3.12. The van der Waals surface area contributed by atoms with E-state index in [0.29, 0.717) is 11.5 Å². The van der Waals surface area contributed by atoms with Gasteiger partial charge in [0.1, 0.15) is 22.8 Å². The molecule has 0 aliphatic heterocycles. The number of carbonyl (C=O) groups excluding carboxylic acids is 1. The number of carboxylic acids is 1. The van der Waals surface area contributed by atoms with Crippen LogP contribution >= 0.6 is 0 Å². The maximum absolute atomic E-state index is 12.5. The van der Waals surface area contributed by atoms with Crippen molar-refractivity contribution >= 4 is 11.8 Å². The Bertz CT molecular complexity index is 713. The van der Waals surface area contributed by atoms with Crippen molar-refractivity contribution in [2.75, 3.05) is 14.2 Å². The van der Waals surface area contributed by atoms with Gasteiger partial charge in [0.15, 0.2) is 5.78 Å². The molecule has 22 heavy (non-hydrogen) atoms. The number of benzene rings is 2. The fourth-order valence-electron chi connectivity index (χ4n) is 1.99. The summed E-state index contributed by atoms with van der Waals surface area (Å²) in [5.74, 6) is -1.58. The number of ether oxygens (including phenoxy) is 2. The number of ketones is 1. The molecule has 0 aliphatic rings. The van der Waals surface area contributed by atoms with Crippen LogP contribution in [-0.4, -0.2) is 36.2 Å². The number of methoxy groups -OCH3 is 2. The second-order valence-corrected chi connectivity index (χ2v) is 4.44. The molecule has 0 atom stereocenters. The van der Waals surface area contributed by atoms with E-state index in [1.54, 1.807) is 6.07 Å². The number of carboxylic acid groups (broad SMARTS) is 1. The number of hydrogen-bond acceptors (Lipinski definition) is 5. The van der Waals surface area contributed by atoms with Crippen LogP contribution in [0.5, 0.6) is 17.2 Å². The predicted octanol–water partition coefficient (Wildman–Crippen LogP) is 2.34. The Kier molecular flexibility index (Phi) is 4.31. The summed E-state index contributed by atoms with van der Waals surface area (Å²) in [4.78, 5) is 23.5. The quantitative estimate of drug-likeness (QED) is 0.823. The van der Waals surface area contributed by atoms with Crippen LogP contribution < -0.4 is 9.47 Å². The van der Waals surface area contributed by atoms with E-state index in [1.165, 1.54) is 44.6 Å². The number of phenols is 1. The van der Waals surface area contributed by atoms with Crippen molar-refractivity contribution in [1.29, 1.82) is 0 Å². The van der Waals surface area contributed by atoms with Gasteiger partial charge in [-0.15, -0.1) is 0 Å². The zero-order valence-corrected chi connectivity index (χ0v) is 12.0. The van der Waals surface area contributed by atoms with E-state index in [1.807, 2.05) is 0 Å². The lowest BCUT2D eigenvalue weighted by Crippen LogP contribution is -2.06. The average molecular weight is 302 g/mol. The Morgan fingerprint density at radius 1 is 0.955 bits per heavy atom. The van der Waals surface area contributed by atoms with Gasteiger partial charge in [-0.3, -0.25) is 4.79 Å². The second-order valence-electron chi connectivity index (χ2n) is 4.44. The number of carbonyl (C=O) groups is 2. The third-order valence-corrected chi connectivity index (χ3v) is 3.12. The Labute approximate surface area is 126 Å². The highest BCUT2D eigenvalue weighted by atomic mass is 16.5. The van der Waals surface area contributed by atoms with E-state index in [2.05, 4.69) is 0 Å². The molecule has 2 N–H and O–H groups in total. The lowest BCUT2D eigenvalue weighted by atomic mass is 9.99. The Hall–Kier alpha value is -3.02. The summed E-state index contributed by atoms with van der Waals surface area (Å²) in [7, 11) is 2.90. The van der Waals surface area contributed by atoms with E-state index in [0.717, 1.165) is 0 Å². The number of aromatic carboxylic acids is 1. The number of hydrogen-bond donors (Lipinski definition) is 2. The summed E-state index contributed by atoms with van der Waals surface area (Å²) in [5, 5.41) is 19.0. The zero-order valence-electron chi connectivity index (χ0n) is 12.0. The molecule has 2 aromatic carbocycles. The van der Waals surface area contributed by atoms with Crippen LogP contribution in [0.4, 0.5) is 0 Å². The molecular formula is C16H14O6. The van der Waals surface area contributed by atoms with Crippen molar-refractivity contribution in [2.45, 2.75) is 0 Å². The summed E-state index contributed by atoms with van der Waals surface area (Å²) >= 11 is 0. The molecular weight excluding hydrogens is 288 g/mol. The summed E-state index contributed by atoms with van der Waals surface area (Å²) in [6.07, 6.45) is 0. The first-order valence-corrected chi connectivity index (χ1v) is 6.31. The summed E-state index contributed by atoms with van der Waals surface area (Å²) < 4.78 is 10.2. The Morgan fingerprint density at radius 2 is 1.50 bits per heavy atom. The molecule has 2 aromatic rings. The summed E-state index contributed by atoms with van der Waals surface area (Å²) in [6.45, 7) is 0. The molecule has 0 fully saturated rings. The molecule has 114 valence electrons. The van der Waals surface area contributed by atoms with Crippen LogP contribution in [0.25, 0.3) is 0 Å². The number of rotatable bonds is 5. The van der Waals surface area contributed by atoms with Gasteiger partial charge in [0.25, 0.3) is 0 Å². The van der Waals surface area contributed by atoms with Crippen LogP contribution in [0.3, 0.4) is 0 Å². The van der Waals surface area contributed by atoms with Gasteiger partial charge in [-0.05, 0) is 24.3 Å². The van der Waals surface area contributed by atoms with E-state index in [4.69, 9.17) is 14.6 Å². The Balaban J connectivity index is 2.53. The maximum Gasteiger partial charge on any atom is 0.339 e. The van der Waals surface area contributed by atoms with Crippen LogP contribution in [-0.2, 0) is 0 Å². The normalized spacial score (nSPS) is 10.1. The van der Waals surface area contributed by atoms with Gasteiger partial charge in [0.05, 0.1) is 19.8 Å². The molecule has 2 rings (SSSR count). The molecule has 0 aliphatic carbocycles. The van der Waals surface area contributed by atoms with Crippen molar-refractivity contribution in [3.05, 3.63) is 53.1 Å². The molecule has 0 radical (unpaired) electrons. The van der Waals surface area contributed by atoms with Gasteiger partial charge in [-0.1, -0.05) is 6.07 Å². The molecule has 0 heterocycles. The van der Waals surface area contributed by atoms with E-state index in [9.17, 15) is 14.7 Å². The van der Waals surface area contributed by atoms with Gasteiger partial charge < -0.3 is 19.7 Å². The largest absolute Gasteiger partial charge is 0.506 e. The lowest BCUT2D eigenvalue weighted by molar-refractivity contribution is 0.0693. The van der Waals surface area contributed by atoms with Crippen molar-refractivity contribution in [1.82, 2.24) is 0 Å². The summed E-state index contributed by atoms with van der Waals surface area (Å²) in [6, 6.07) is 8.55. The monoisotopic (exact) mass is 302 g/mol. The zero-order chi connectivity index (χ0) is 16.3. The minimum atomic E-state index is -1.31. The fraction of sp³-hybridized carbons (Fsp3) is 0.125. The molecule has 0 spiro atoms. The topological polar surface area (TPSA) is 93.1 Å². The average Bonchev–Trinajstić information content (AvgIpc) is 2.53. The highest BCUT2D eigenvalue weighted by Crippen LogP contribution is 2.28. The number of aromatic hydroxyl groups is 1. The smallest absolute Gasteiger partial charge is 0.339 e. The van der Waals surface area contributed by atoms with Crippen molar-refractivity contribution in [3.8, 4) is 17.2 Å². The highest BCUT2D eigenvalue weighted by Gasteiger charge is 2.20. The minimum Gasteiger partial charge on any atom is -0.506 e. The van der Waals surface area contributed by atoms with Gasteiger partial charge in [-0.2, -0.15) is 0 Å². The molecule has 6 heteroatoms. The summed E-state index contributed by atoms with van der Waals surface area (Å²) in [5.41, 5.74) is -0.218. The molecule has 0 bridgehead atoms. The van der Waals surface area contributed by atoms with Crippen LogP contribution in [0.15, 0.2) is 36.4 Å². The van der Waals surface area contributed by atoms with Gasteiger partial charge in [0.2, 0.25) is 0 Å². The highest BCUT2D eigenvalue weighted by molar-refractivity contribution is 6.12. The second kappa shape index (κ2) is 6.17. The molecule has 0 saturated heterocycles. The van der Waals surface area contributed by atoms with Crippen LogP contribution in [0.2, 0.25) is 0 Å². The molecule has 0 unspecified atom stereocenters. The number of para-hydroxylation sites is 1. The van der Waals surface area contributed by atoms with E-state index >= 15 is 0 Å². The third kappa shape index (κ3) is 2.85. The molecule has 0 amide bonds. The predicted molar refractivity (Wildman–Crippen MR) is 78.0 cm³/mol. The van der Waals surface area contributed by atoms with Crippen molar-refractivity contribution < 1.29 is 29.3 Å². The standard InChI is InChI=1S/C16H14O6/c1-21-10-6-9(7-11(8-10)22-2)14(17)12-4-3-5-13(15(12)18)16(19)20/h3-8,18H,1-2H3,(H,19,20). The van der Waals surface area contributed by atoms with Crippen LogP contribution in [0, 0.1) is 0 Å². The van der Waals surface area contributed by atoms with E-state index < -0.39 is 17.5 Å². The first-order valence-electron chi connectivity index (χ1n) is 6.31. The fourth-order valence-corrected chi connectivity index (χ4v) is 1.99. The van der Waals surface area contributed by atoms with Crippen molar-refractivity contribution in [2.24, 2.45) is 0 Å². The first-order chi connectivity index (χ1) is 10.5.